The summed E-state index contributed by atoms with van der Waals surface area (Å²) < 4.78 is 17.1. The van der Waals surface area contributed by atoms with Crippen LogP contribution in [0, 0.1) is 23.7 Å². The van der Waals surface area contributed by atoms with Crippen LogP contribution < -0.4 is 0 Å². The Morgan fingerprint density at radius 1 is 1.10 bits per heavy atom. The molecule has 3 aliphatic rings. The molecule has 0 saturated heterocycles. The predicted molar refractivity (Wildman–Crippen MR) is 112 cm³/mol. The maximum Gasteiger partial charge on any atom is 0.303 e. The Morgan fingerprint density at radius 3 is 2.32 bits per heavy atom. The topological polar surface area (TPSA) is 96.0 Å². The second-order valence-corrected chi connectivity index (χ2v) is 9.33. The van der Waals surface area contributed by atoms with Crippen molar-refractivity contribution in [1.82, 2.24) is 0 Å². The smallest absolute Gasteiger partial charge is 0.303 e. The monoisotopic (exact) mass is 432 g/mol. The molecule has 0 radical (unpaired) electrons. The molecule has 0 spiro atoms. The van der Waals surface area contributed by atoms with Gasteiger partial charge in [0.05, 0.1) is 5.92 Å². The van der Waals surface area contributed by atoms with Crippen LogP contribution in [-0.4, -0.2) is 41.5 Å². The van der Waals surface area contributed by atoms with Crippen molar-refractivity contribution in [3.63, 3.8) is 0 Å². The summed E-state index contributed by atoms with van der Waals surface area (Å²) in [7, 11) is 0. The standard InChI is InChI=1S/C24H32O7/c1-12-7-8-18-10-19(18)9-13(2)23(28)24(31-17(6)27)11-14(3)22(30-16(5)26)20(24)21(12)29-15(4)25/h9,14,18-22H,1,7-8,10-11H2,2-6H3. The summed E-state index contributed by atoms with van der Waals surface area (Å²) in [5, 5.41) is 0. The highest BCUT2D eigenvalue weighted by molar-refractivity contribution is 6.03. The van der Waals surface area contributed by atoms with Gasteiger partial charge >= 0.3 is 17.9 Å². The van der Waals surface area contributed by atoms with Crippen molar-refractivity contribution in [2.75, 3.05) is 0 Å². The quantitative estimate of drug-likeness (QED) is 0.383. The van der Waals surface area contributed by atoms with E-state index < -0.39 is 41.6 Å². The lowest BCUT2D eigenvalue weighted by Gasteiger charge is -2.39. The zero-order valence-corrected chi connectivity index (χ0v) is 18.9. The fraction of sp³-hybridized carbons (Fsp3) is 0.667. The van der Waals surface area contributed by atoms with Crippen LogP contribution in [0.25, 0.3) is 0 Å². The van der Waals surface area contributed by atoms with Gasteiger partial charge < -0.3 is 14.2 Å². The highest BCUT2D eigenvalue weighted by atomic mass is 16.6. The van der Waals surface area contributed by atoms with E-state index in [-0.39, 0.29) is 18.1 Å². The second-order valence-electron chi connectivity index (χ2n) is 9.33. The average Bonchev–Trinajstić information content (AvgIpc) is 3.33. The molecule has 31 heavy (non-hydrogen) atoms. The van der Waals surface area contributed by atoms with Gasteiger partial charge in [0.15, 0.2) is 5.60 Å². The number of ketones is 1. The van der Waals surface area contributed by atoms with E-state index in [9.17, 15) is 19.2 Å². The van der Waals surface area contributed by atoms with Crippen LogP contribution in [0.4, 0.5) is 0 Å². The van der Waals surface area contributed by atoms with Crippen LogP contribution >= 0.6 is 0 Å². The van der Waals surface area contributed by atoms with Crippen molar-refractivity contribution in [2.24, 2.45) is 23.7 Å². The van der Waals surface area contributed by atoms with Crippen molar-refractivity contribution in [3.8, 4) is 0 Å². The Balaban J connectivity index is 2.21. The zero-order chi connectivity index (χ0) is 23.1. The minimum atomic E-state index is -1.61. The van der Waals surface area contributed by atoms with Crippen LogP contribution in [-0.2, 0) is 33.4 Å². The molecule has 0 heterocycles. The third kappa shape index (κ3) is 4.60. The number of fused-ring (bicyclic) bond motifs is 2. The average molecular weight is 433 g/mol. The first-order valence-electron chi connectivity index (χ1n) is 10.9. The molecule has 0 aromatic carbocycles. The number of hydrogen-bond acceptors (Lipinski definition) is 7. The van der Waals surface area contributed by atoms with E-state index in [1.54, 1.807) is 6.92 Å². The molecule has 3 rings (SSSR count). The van der Waals surface area contributed by atoms with Gasteiger partial charge in [0.2, 0.25) is 5.78 Å². The molecule has 0 N–H and O–H groups in total. The van der Waals surface area contributed by atoms with Gasteiger partial charge in [-0.05, 0) is 55.1 Å². The van der Waals surface area contributed by atoms with Crippen LogP contribution in [0.1, 0.15) is 60.3 Å². The molecule has 0 bridgehead atoms. The molecule has 0 aromatic rings. The van der Waals surface area contributed by atoms with Crippen molar-refractivity contribution in [2.45, 2.75) is 78.1 Å². The summed E-state index contributed by atoms with van der Waals surface area (Å²) in [6.45, 7) is 11.6. The number of hydrogen-bond donors (Lipinski definition) is 0. The van der Waals surface area contributed by atoms with E-state index in [4.69, 9.17) is 14.2 Å². The largest absolute Gasteiger partial charge is 0.462 e. The van der Waals surface area contributed by atoms with Gasteiger partial charge in [0, 0.05) is 27.2 Å². The van der Waals surface area contributed by atoms with Crippen LogP contribution in [0.5, 0.6) is 0 Å². The molecule has 3 aliphatic carbocycles. The van der Waals surface area contributed by atoms with Gasteiger partial charge in [0.1, 0.15) is 12.2 Å². The van der Waals surface area contributed by atoms with Crippen molar-refractivity contribution in [1.29, 1.82) is 0 Å². The van der Waals surface area contributed by atoms with Gasteiger partial charge in [-0.2, -0.15) is 0 Å². The molecular formula is C24H32O7. The number of rotatable bonds is 3. The Morgan fingerprint density at radius 2 is 1.74 bits per heavy atom. The maximum atomic E-state index is 13.8. The van der Waals surface area contributed by atoms with Crippen LogP contribution in [0.3, 0.4) is 0 Å². The van der Waals surface area contributed by atoms with E-state index in [2.05, 4.69) is 6.58 Å². The molecule has 7 unspecified atom stereocenters. The molecule has 0 aliphatic heterocycles. The predicted octanol–water partition coefficient (Wildman–Crippen LogP) is 3.31. The van der Waals surface area contributed by atoms with E-state index in [0.29, 0.717) is 29.4 Å². The first-order chi connectivity index (χ1) is 14.5. The first kappa shape index (κ1) is 23.2. The maximum absolute atomic E-state index is 13.8. The second kappa shape index (κ2) is 8.60. The Bertz CT molecular complexity index is 841. The molecule has 7 heteroatoms. The summed E-state index contributed by atoms with van der Waals surface area (Å²) in [6, 6.07) is 0. The van der Waals surface area contributed by atoms with E-state index in [1.165, 1.54) is 20.8 Å². The molecule has 170 valence electrons. The fourth-order valence-electron chi connectivity index (χ4n) is 5.44. The number of Topliss-reactive ketones (excluding diaryl/α,β-unsaturated/α-hetero) is 1. The number of carbonyl (C=O) groups excluding carboxylic acids is 4. The molecule has 0 amide bonds. The summed E-state index contributed by atoms with van der Waals surface area (Å²) in [4.78, 5) is 50.0. The Kier molecular flexibility index (Phi) is 6.44. The SMILES string of the molecule is C=C1CCC2CC2C=C(C)C(=O)C2(OC(C)=O)CC(C)C(OC(C)=O)C2C1OC(C)=O. The highest BCUT2D eigenvalue weighted by Gasteiger charge is 2.64. The van der Waals surface area contributed by atoms with Gasteiger partial charge in [-0.3, -0.25) is 19.2 Å². The minimum Gasteiger partial charge on any atom is -0.462 e. The van der Waals surface area contributed by atoms with Gasteiger partial charge in [-0.25, -0.2) is 0 Å². The van der Waals surface area contributed by atoms with Gasteiger partial charge in [-0.15, -0.1) is 0 Å². The van der Waals surface area contributed by atoms with E-state index in [0.717, 1.165) is 12.8 Å². The van der Waals surface area contributed by atoms with Crippen molar-refractivity contribution in [3.05, 3.63) is 23.8 Å². The molecule has 7 nitrogen and oxygen atoms in total. The lowest BCUT2D eigenvalue weighted by atomic mass is 9.76. The van der Waals surface area contributed by atoms with Crippen molar-refractivity contribution < 1.29 is 33.4 Å². The van der Waals surface area contributed by atoms with Gasteiger partial charge in [-0.1, -0.05) is 19.6 Å². The van der Waals surface area contributed by atoms with E-state index in [1.807, 2.05) is 13.0 Å². The number of carbonyl (C=O) groups is 4. The summed E-state index contributed by atoms with van der Waals surface area (Å²) >= 11 is 0. The third-order valence-electron chi connectivity index (χ3n) is 6.75. The number of esters is 3. The number of ether oxygens (including phenoxy) is 3. The fourth-order valence-corrected chi connectivity index (χ4v) is 5.44. The highest BCUT2D eigenvalue weighted by Crippen LogP contribution is 2.52. The molecule has 2 saturated carbocycles. The third-order valence-corrected chi connectivity index (χ3v) is 6.75. The summed E-state index contributed by atoms with van der Waals surface area (Å²) in [5.74, 6) is -2.42. The summed E-state index contributed by atoms with van der Waals surface area (Å²) in [5.41, 5.74) is -0.450. The summed E-state index contributed by atoms with van der Waals surface area (Å²) in [6.07, 6.45) is 2.90. The first-order valence-corrected chi connectivity index (χ1v) is 10.9. The molecule has 2 fully saturated rings. The Hall–Kier alpha value is -2.44. The minimum absolute atomic E-state index is 0.165. The number of allylic oxidation sites excluding steroid dienone is 1. The van der Waals surface area contributed by atoms with Crippen LogP contribution in [0.2, 0.25) is 0 Å². The normalized spacial score (nSPS) is 37.5. The lowest BCUT2D eigenvalue weighted by molar-refractivity contribution is -0.182. The molecular weight excluding hydrogens is 400 g/mol. The van der Waals surface area contributed by atoms with Crippen molar-refractivity contribution >= 4 is 23.7 Å². The van der Waals surface area contributed by atoms with Gasteiger partial charge in [0.25, 0.3) is 0 Å². The van der Waals surface area contributed by atoms with E-state index >= 15 is 0 Å². The Labute approximate surface area is 183 Å². The zero-order valence-electron chi connectivity index (χ0n) is 18.9. The van der Waals surface area contributed by atoms with Crippen LogP contribution in [0.15, 0.2) is 23.8 Å². The lowest BCUT2D eigenvalue weighted by Crippen LogP contribution is -2.55. The molecule has 7 atom stereocenters. The molecule has 0 aromatic heterocycles.